The molecule has 0 spiro atoms. The summed E-state index contributed by atoms with van der Waals surface area (Å²) in [6.45, 7) is 1.53. The molecule has 1 N–H and O–H groups in total. The quantitative estimate of drug-likeness (QED) is 0.672. The number of benzene rings is 1. The molecule has 2 aromatic heterocycles. The molecule has 0 aliphatic carbocycles. The van der Waals surface area contributed by atoms with Gasteiger partial charge in [0.05, 0.1) is 4.90 Å². The zero-order valence-electron chi connectivity index (χ0n) is 13.5. The zero-order chi connectivity index (χ0) is 17.9. The van der Waals surface area contributed by atoms with Crippen LogP contribution in [0.25, 0.3) is 11.1 Å². The highest BCUT2D eigenvalue weighted by Gasteiger charge is 2.15. The molecular weight excluding hydrogens is 356 g/mol. The third-order valence-corrected chi connectivity index (χ3v) is 5.75. The minimum atomic E-state index is -3.71. The van der Waals surface area contributed by atoms with Crippen molar-refractivity contribution in [1.82, 2.24) is 9.71 Å². The molecule has 0 atom stereocenters. The van der Waals surface area contributed by atoms with Gasteiger partial charge in [-0.25, -0.2) is 13.1 Å². The smallest absolute Gasteiger partial charge is 0.240 e. The Bertz CT molecular complexity index is 997. The van der Waals surface area contributed by atoms with Gasteiger partial charge in [0.2, 0.25) is 10.0 Å². The van der Waals surface area contributed by atoms with Crippen molar-refractivity contribution in [2.24, 2.45) is 0 Å². The number of carbonyl (C=O) groups excluding carboxylic acids is 1. The molecule has 2 heterocycles. The maximum absolute atomic E-state index is 12.5. The SMILES string of the molecule is CC(=O)c1cccc(S(=O)(=O)NCc2cncc(-c3ccsc3)c2)c1. The van der Waals surface area contributed by atoms with E-state index in [1.165, 1.54) is 19.1 Å². The average molecular weight is 372 g/mol. The normalized spacial score (nSPS) is 11.4. The van der Waals surface area contributed by atoms with Gasteiger partial charge < -0.3 is 0 Å². The number of hydrogen-bond donors (Lipinski definition) is 1. The highest BCUT2D eigenvalue weighted by atomic mass is 32.2. The summed E-state index contributed by atoms with van der Waals surface area (Å²) in [5.41, 5.74) is 3.12. The highest BCUT2D eigenvalue weighted by Crippen LogP contribution is 2.22. The van der Waals surface area contributed by atoms with Crippen molar-refractivity contribution in [2.75, 3.05) is 0 Å². The Hall–Kier alpha value is -2.35. The van der Waals surface area contributed by atoms with Crippen molar-refractivity contribution in [3.63, 3.8) is 0 Å². The van der Waals surface area contributed by atoms with E-state index in [9.17, 15) is 13.2 Å². The summed E-state index contributed by atoms with van der Waals surface area (Å²) < 4.78 is 27.5. The third kappa shape index (κ3) is 4.19. The summed E-state index contributed by atoms with van der Waals surface area (Å²) in [5.74, 6) is -0.176. The van der Waals surface area contributed by atoms with Gasteiger partial charge in [-0.3, -0.25) is 9.78 Å². The summed E-state index contributed by atoms with van der Waals surface area (Å²) in [7, 11) is -3.71. The van der Waals surface area contributed by atoms with Crippen LogP contribution in [0.1, 0.15) is 22.8 Å². The number of hydrogen-bond acceptors (Lipinski definition) is 5. The van der Waals surface area contributed by atoms with Gasteiger partial charge >= 0.3 is 0 Å². The number of rotatable bonds is 6. The first-order valence-corrected chi connectivity index (χ1v) is 9.95. The molecule has 7 heteroatoms. The fourth-order valence-corrected chi connectivity index (χ4v) is 4.04. The standard InChI is InChI=1S/C18H16N2O3S2/c1-13(21)15-3-2-4-18(8-15)25(22,23)20-10-14-7-17(11-19-9-14)16-5-6-24-12-16/h2-9,11-12,20H,10H2,1H3. The van der Waals surface area contributed by atoms with Crippen LogP contribution in [0.2, 0.25) is 0 Å². The molecule has 0 unspecified atom stereocenters. The second kappa shape index (κ2) is 7.26. The monoisotopic (exact) mass is 372 g/mol. The summed E-state index contributed by atoms with van der Waals surface area (Å²) in [6, 6.07) is 9.89. The second-order valence-corrected chi connectivity index (χ2v) is 8.05. The van der Waals surface area contributed by atoms with Gasteiger partial charge in [-0.1, -0.05) is 12.1 Å². The molecule has 0 radical (unpaired) electrons. The van der Waals surface area contributed by atoms with Gasteiger partial charge in [0.25, 0.3) is 0 Å². The maximum atomic E-state index is 12.5. The number of ketones is 1. The van der Waals surface area contributed by atoms with Crippen LogP contribution in [0.15, 0.2) is 64.4 Å². The molecule has 0 saturated carbocycles. The van der Waals surface area contributed by atoms with Gasteiger partial charge in [-0.15, -0.1) is 0 Å². The van der Waals surface area contributed by atoms with Crippen LogP contribution in [0, 0.1) is 0 Å². The molecule has 128 valence electrons. The van der Waals surface area contributed by atoms with E-state index in [1.54, 1.807) is 35.9 Å². The Balaban J connectivity index is 1.78. The number of sulfonamides is 1. The van der Waals surface area contributed by atoms with Crippen molar-refractivity contribution >= 4 is 27.1 Å². The molecule has 3 rings (SSSR count). The predicted octanol–water partition coefficient (Wildman–Crippen LogP) is 3.49. The summed E-state index contributed by atoms with van der Waals surface area (Å²) in [4.78, 5) is 15.7. The molecule has 0 fully saturated rings. The van der Waals surface area contributed by atoms with Crippen molar-refractivity contribution in [3.05, 3.63) is 70.7 Å². The lowest BCUT2D eigenvalue weighted by Gasteiger charge is -2.08. The molecule has 0 aliphatic rings. The van der Waals surface area contributed by atoms with Gasteiger partial charge in [-0.05, 0) is 53.1 Å². The van der Waals surface area contributed by atoms with Crippen molar-refractivity contribution in [3.8, 4) is 11.1 Å². The first-order valence-electron chi connectivity index (χ1n) is 7.53. The number of pyridine rings is 1. The Labute approximate surface area is 150 Å². The number of nitrogens with zero attached hydrogens (tertiary/aromatic N) is 1. The predicted molar refractivity (Wildman–Crippen MR) is 98.0 cm³/mol. The molecule has 3 aromatic rings. The van der Waals surface area contributed by atoms with Gasteiger partial charge in [0.15, 0.2) is 5.78 Å². The van der Waals surface area contributed by atoms with Crippen LogP contribution >= 0.6 is 11.3 Å². The number of thiophene rings is 1. The Morgan fingerprint density at radius 1 is 1.16 bits per heavy atom. The lowest BCUT2D eigenvalue weighted by Crippen LogP contribution is -2.23. The van der Waals surface area contributed by atoms with Crippen LogP contribution in [-0.2, 0) is 16.6 Å². The Kier molecular flexibility index (Phi) is 5.08. The number of carbonyl (C=O) groups is 1. The third-order valence-electron chi connectivity index (χ3n) is 3.67. The lowest BCUT2D eigenvalue weighted by atomic mass is 10.1. The summed E-state index contributed by atoms with van der Waals surface area (Å²) >= 11 is 1.59. The fraction of sp³-hybridized carbons (Fsp3) is 0.111. The Morgan fingerprint density at radius 3 is 2.72 bits per heavy atom. The zero-order valence-corrected chi connectivity index (χ0v) is 15.1. The molecular formula is C18H16N2O3S2. The van der Waals surface area contributed by atoms with Gasteiger partial charge in [0.1, 0.15) is 0 Å². The van der Waals surface area contributed by atoms with E-state index in [2.05, 4.69) is 9.71 Å². The minimum absolute atomic E-state index is 0.0714. The van der Waals surface area contributed by atoms with E-state index >= 15 is 0 Å². The van der Waals surface area contributed by atoms with E-state index in [4.69, 9.17) is 0 Å². The average Bonchev–Trinajstić information content (AvgIpc) is 3.15. The van der Waals surface area contributed by atoms with E-state index in [0.29, 0.717) is 5.56 Å². The van der Waals surface area contributed by atoms with Crippen LogP contribution in [0.5, 0.6) is 0 Å². The molecule has 5 nitrogen and oxygen atoms in total. The van der Waals surface area contributed by atoms with Crippen LogP contribution < -0.4 is 4.72 Å². The first kappa shape index (κ1) is 17.5. The lowest BCUT2D eigenvalue weighted by molar-refractivity contribution is 0.101. The van der Waals surface area contributed by atoms with E-state index < -0.39 is 10.0 Å². The number of Topliss-reactive ketones (excluding diaryl/α,β-unsaturated/α-hetero) is 1. The van der Waals surface area contributed by atoms with Crippen LogP contribution in [0.4, 0.5) is 0 Å². The van der Waals surface area contributed by atoms with E-state index in [0.717, 1.165) is 16.7 Å². The largest absolute Gasteiger partial charge is 0.295 e. The second-order valence-electron chi connectivity index (χ2n) is 5.50. The van der Waals surface area contributed by atoms with Crippen molar-refractivity contribution in [1.29, 1.82) is 0 Å². The first-order chi connectivity index (χ1) is 12.0. The topological polar surface area (TPSA) is 76.1 Å². The Morgan fingerprint density at radius 2 is 2.00 bits per heavy atom. The number of nitrogens with one attached hydrogen (secondary N) is 1. The molecule has 1 aromatic carbocycles. The molecule has 0 saturated heterocycles. The van der Waals surface area contributed by atoms with Crippen LogP contribution in [-0.4, -0.2) is 19.2 Å². The molecule has 0 amide bonds. The van der Waals surface area contributed by atoms with E-state index in [1.807, 2.05) is 22.9 Å². The highest BCUT2D eigenvalue weighted by molar-refractivity contribution is 7.89. The summed E-state index contributed by atoms with van der Waals surface area (Å²) in [5, 5.41) is 3.99. The van der Waals surface area contributed by atoms with E-state index in [-0.39, 0.29) is 17.2 Å². The summed E-state index contributed by atoms with van der Waals surface area (Å²) in [6.07, 6.45) is 3.38. The molecule has 0 bridgehead atoms. The number of aromatic nitrogens is 1. The van der Waals surface area contributed by atoms with Crippen molar-refractivity contribution < 1.29 is 13.2 Å². The minimum Gasteiger partial charge on any atom is -0.295 e. The van der Waals surface area contributed by atoms with Gasteiger partial charge in [0, 0.05) is 30.1 Å². The maximum Gasteiger partial charge on any atom is 0.240 e. The molecule has 25 heavy (non-hydrogen) atoms. The van der Waals surface area contributed by atoms with Crippen molar-refractivity contribution in [2.45, 2.75) is 18.4 Å². The van der Waals surface area contributed by atoms with Gasteiger partial charge in [-0.2, -0.15) is 11.3 Å². The molecule has 0 aliphatic heterocycles. The fourth-order valence-electron chi connectivity index (χ4n) is 2.31. The van der Waals surface area contributed by atoms with Crippen LogP contribution in [0.3, 0.4) is 0 Å².